The second-order valence-electron chi connectivity index (χ2n) is 5.14. The molecule has 0 radical (unpaired) electrons. The SMILES string of the molecule is CCS(=O)(=O)N[C@H](CC(C)C)C(=O)N1CCOCC1. The summed E-state index contributed by atoms with van der Waals surface area (Å²) in [4.78, 5) is 14.0. The Labute approximate surface area is 115 Å². The van der Waals surface area contributed by atoms with Crippen LogP contribution in [0.25, 0.3) is 0 Å². The molecule has 0 aromatic heterocycles. The highest BCUT2D eigenvalue weighted by atomic mass is 32.2. The van der Waals surface area contributed by atoms with E-state index in [-0.39, 0.29) is 17.6 Å². The molecule has 0 aliphatic carbocycles. The molecule has 19 heavy (non-hydrogen) atoms. The van der Waals surface area contributed by atoms with Crippen LogP contribution in [0, 0.1) is 5.92 Å². The summed E-state index contributed by atoms with van der Waals surface area (Å²) in [6.07, 6.45) is 0.509. The molecule has 112 valence electrons. The Morgan fingerprint density at radius 1 is 1.32 bits per heavy atom. The standard InChI is InChI=1S/C12H24N2O4S/c1-4-19(16,17)13-11(9-10(2)3)12(15)14-5-7-18-8-6-14/h10-11,13H,4-9H2,1-3H3/t11-/m1/s1. The van der Waals surface area contributed by atoms with E-state index in [1.165, 1.54) is 0 Å². The molecule has 1 fully saturated rings. The van der Waals surface area contributed by atoms with E-state index in [1.807, 2.05) is 13.8 Å². The van der Waals surface area contributed by atoms with Gasteiger partial charge >= 0.3 is 0 Å². The summed E-state index contributed by atoms with van der Waals surface area (Å²) in [5.74, 6) is 0.0846. The zero-order valence-corrected chi connectivity index (χ0v) is 12.7. The quantitative estimate of drug-likeness (QED) is 0.759. The van der Waals surface area contributed by atoms with Crippen LogP contribution in [0.1, 0.15) is 27.2 Å². The lowest BCUT2D eigenvalue weighted by molar-refractivity contribution is -0.137. The molecule has 7 heteroatoms. The number of nitrogens with one attached hydrogen (secondary N) is 1. The summed E-state index contributed by atoms with van der Waals surface area (Å²) in [6.45, 7) is 7.59. The predicted octanol–water partition coefficient (Wildman–Crippen LogP) is 0.199. The molecule has 1 amide bonds. The molecule has 0 aromatic rings. The molecule has 0 saturated carbocycles. The Kier molecular flexibility index (Phi) is 6.22. The summed E-state index contributed by atoms with van der Waals surface area (Å²) < 4.78 is 31.1. The number of sulfonamides is 1. The third-order valence-corrected chi connectivity index (χ3v) is 4.43. The van der Waals surface area contributed by atoms with E-state index in [9.17, 15) is 13.2 Å². The van der Waals surface area contributed by atoms with Crippen LogP contribution in [-0.4, -0.2) is 57.3 Å². The van der Waals surface area contributed by atoms with Gasteiger partial charge in [0.1, 0.15) is 6.04 Å². The van der Waals surface area contributed by atoms with Crippen molar-refractivity contribution in [2.24, 2.45) is 5.92 Å². The van der Waals surface area contributed by atoms with E-state index in [4.69, 9.17) is 4.74 Å². The predicted molar refractivity (Wildman–Crippen MR) is 73.2 cm³/mol. The Morgan fingerprint density at radius 2 is 1.89 bits per heavy atom. The number of nitrogens with zero attached hydrogens (tertiary/aromatic N) is 1. The lowest BCUT2D eigenvalue weighted by atomic mass is 10.0. The first-order valence-electron chi connectivity index (χ1n) is 6.72. The Balaban J connectivity index is 2.74. The number of amides is 1. The highest BCUT2D eigenvalue weighted by molar-refractivity contribution is 7.89. The van der Waals surface area contributed by atoms with Crippen molar-refractivity contribution < 1.29 is 17.9 Å². The highest BCUT2D eigenvalue weighted by Gasteiger charge is 2.29. The summed E-state index contributed by atoms with van der Waals surface area (Å²) in [6, 6.07) is -0.664. The zero-order valence-electron chi connectivity index (χ0n) is 11.9. The molecule has 1 heterocycles. The highest BCUT2D eigenvalue weighted by Crippen LogP contribution is 2.10. The summed E-state index contributed by atoms with van der Waals surface area (Å²) in [5, 5.41) is 0. The molecule has 0 aromatic carbocycles. The van der Waals surface area contributed by atoms with Gasteiger partial charge in [-0.1, -0.05) is 13.8 Å². The average Bonchev–Trinajstić information content (AvgIpc) is 2.37. The van der Waals surface area contributed by atoms with E-state index < -0.39 is 16.1 Å². The van der Waals surface area contributed by atoms with Crippen LogP contribution in [0.2, 0.25) is 0 Å². The van der Waals surface area contributed by atoms with Crippen LogP contribution in [0.5, 0.6) is 0 Å². The first kappa shape index (κ1) is 16.4. The van der Waals surface area contributed by atoms with Gasteiger partial charge in [0, 0.05) is 13.1 Å². The second kappa shape index (κ2) is 7.21. The van der Waals surface area contributed by atoms with Crippen LogP contribution in [0.3, 0.4) is 0 Å². The molecule has 1 saturated heterocycles. The Hall–Kier alpha value is -0.660. The van der Waals surface area contributed by atoms with E-state index in [1.54, 1.807) is 11.8 Å². The molecule has 1 rings (SSSR count). The number of hydrogen-bond donors (Lipinski definition) is 1. The first-order valence-corrected chi connectivity index (χ1v) is 8.37. The van der Waals surface area contributed by atoms with Gasteiger partial charge < -0.3 is 9.64 Å². The fourth-order valence-corrected chi connectivity index (χ4v) is 2.77. The van der Waals surface area contributed by atoms with Gasteiger partial charge in [-0.05, 0) is 19.3 Å². The molecule has 1 N–H and O–H groups in total. The van der Waals surface area contributed by atoms with Crippen LogP contribution in [-0.2, 0) is 19.6 Å². The van der Waals surface area contributed by atoms with Crippen molar-refractivity contribution in [3.63, 3.8) is 0 Å². The Bertz CT molecular complexity index is 389. The largest absolute Gasteiger partial charge is 0.378 e. The maximum atomic E-state index is 12.4. The number of ether oxygens (including phenoxy) is 1. The van der Waals surface area contributed by atoms with Gasteiger partial charge in [0.15, 0.2) is 0 Å². The molecule has 0 unspecified atom stereocenters. The number of carbonyl (C=O) groups excluding carboxylic acids is 1. The van der Waals surface area contributed by atoms with E-state index in [2.05, 4.69) is 4.72 Å². The number of hydrogen-bond acceptors (Lipinski definition) is 4. The molecule has 6 nitrogen and oxygen atoms in total. The van der Waals surface area contributed by atoms with Gasteiger partial charge in [-0.2, -0.15) is 0 Å². The van der Waals surface area contributed by atoms with Gasteiger partial charge in [0.25, 0.3) is 0 Å². The van der Waals surface area contributed by atoms with Crippen molar-refractivity contribution in [2.75, 3.05) is 32.1 Å². The minimum atomic E-state index is -3.38. The second-order valence-corrected chi connectivity index (χ2v) is 7.18. The van der Waals surface area contributed by atoms with E-state index in [0.717, 1.165) is 0 Å². The fourth-order valence-electron chi connectivity index (χ4n) is 1.97. The van der Waals surface area contributed by atoms with Gasteiger partial charge in [0.05, 0.1) is 19.0 Å². The molecular weight excluding hydrogens is 268 g/mol. The maximum absolute atomic E-state index is 12.4. The van der Waals surface area contributed by atoms with Crippen LogP contribution < -0.4 is 4.72 Å². The van der Waals surface area contributed by atoms with Crippen molar-refractivity contribution in [1.82, 2.24) is 9.62 Å². The van der Waals surface area contributed by atoms with Crippen LogP contribution in [0.15, 0.2) is 0 Å². The number of rotatable bonds is 6. The van der Waals surface area contributed by atoms with Gasteiger partial charge in [-0.25, -0.2) is 13.1 Å². The lowest BCUT2D eigenvalue weighted by Crippen LogP contribution is -2.52. The van der Waals surface area contributed by atoms with Gasteiger partial charge in [-0.3, -0.25) is 4.79 Å². The van der Waals surface area contributed by atoms with Crippen molar-refractivity contribution in [3.05, 3.63) is 0 Å². The van der Waals surface area contributed by atoms with Crippen molar-refractivity contribution in [2.45, 2.75) is 33.2 Å². The first-order chi connectivity index (χ1) is 8.85. The lowest BCUT2D eigenvalue weighted by Gasteiger charge is -2.31. The summed E-state index contributed by atoms with van der Waals surface area (Å²) in [7, 11) is -3.38. The third-order valence-electron chi connectivity index (χ3n) is 3.03. The summed E-state index contributed by atoms with van der Waals surface area (Å²) in [5.41, 5.74) is 0. The van der Waals surface area contributed by atoms with E-state index in [0.29, 0.717) is 32.7 Å². The molecule has 1 atom stereocenters. The molecule has 1 aliphatic rings. The summed E-state index contributed by atoms with van der Waals surface area (Å²) >= 11 is 0. The smallest absolute Gasteiger partial charge is 0.240 e. The van der Waals surface area contributed by atoms with Crippen molar-refractivity contribution in [1.29, 1.82) is 0 Å². The monoisotopic (exact) mass is 292 g/mol. The molecule has 0 spiro atoms. The van der Waals surface area contributed by atoms with E-state index >= 15 is 0 Å². The minimum Gasteiger partial charge on any atom is -0.378 e. The molecule has 1 aliphatic heterocycles. The maximum Gasteiger partial charge on any atom is 0.240 e. The van der Waals surface area contributed by atoms with Gasteiger partial charge in [-0.15, -0.1) is 0 Å². The molecule has 0 bridgehead atoms. The molecular formula is C12H24N2O4S. The fraction of sp³-hybridized carbons (Fsp3) is 0.917. The topological polar surface area (TPSA) is 75.7 Å². The van der Waals surface area contributed by atoms with Gasteiger partial charge in [0.2, 0.25) is 15.9 Å². The number of morpholine rings is 1. The third kappa shape index (κ3) is 5.46. The Morgan fingerprint density at radius 3 is 2.37 bits per heavy atom. The van der Waals surface area contributed by atoms with Crippen LogP contribution in [0.4, 0.5) is 0 Å². The minimum absolute atomic E-state index is 0.0159. The van der Waals surface area contributed by atoms with Crippen LogP contribution >= 0.6 is 0 Å². The normalized spacial score (nSPS) is 18.6. The average molecular weight is 292 g/mol. The van der Waals surface area contributed by atoms with Crippen molar-refractivity contribution in [3.8, 4) is 0 Å². The number of carbonyl (C=O) groups is 1. The zero-order chi connectivity index (χ0) is 14.5. The van der Waals surface area contributed by atoms with Crippen molar-refractivity contribution >= 4 is 15.9 Å².